The van der Waals surface area contributed by atoms with Gasteiger partial charge >= 0.3 is 12.1 Å². The van der Waals surface area contributed by atoms with Gasteiger partial charge in [0.05, 0.1) is 12.2 Å². The fraction of sp³-hybridized carbons (Fsp3) is 0.438. The SMILES string of the molecule is CN1CCN(c2c(F)cc(N3C[C@H](C(=O)O)OC3=O)cc2F)CCC1=O. The monoisotopic (exact) mass is 369 g/mol. The van der Waals surface area contributed by atoms with Crippen LogP contribution in [0.4, 0.5) is 25.0 Å². The normalized spacial score (nSPS) is 21.0. The molecule has 2 fully saturated rings. The van der Waals surface area contributed by atoms with E-state index in [0.717, 1.165) is 17.0 Å². The summed E-state index contributed by atoms with van der Waals surface area (Å²) in [5, 5.41) is 8.90. The number of likely N-dealkylation sites (N-methyl/N-ethyl adjacent to an activating group) is 1. The number of nitrogens with zero attached hydrogens (tertiary/aromatic N) is 3. The maximum absolute atomic E-state index is 14.6. The van der Waals surface area contributed by atoms with Gasteiger partial charge in [-0.3, -0.25) is 9.69 Å². The molecular weight excluding hydrogens is 352 g/mol. The smallest absolute Gasteiger partial charge is 0.415 e. The van der Waals surface area contributed by atoms with Crippen molar-refractivity contribution in [2.24, 2.45) is 0 Å². The Hall–Kier alpha value is -2.91. The summed E-state index contributed by atoms with van der Waals surface area (Å²) in [6.45, 7) is 0.430. The van der Waals surface area contributed by atoms with E-state index >= 15 is 0 Å². The van der Waals surface area contributed by atoms with Crippen LogP contribution in [-0.4, -0.2) is 67.3 Å². The summed E-state index contributed by atoms with van der Waals surface area (Å²) in [7, 11) is 1.62. The van der Waals surface area contributed by atoms with Crippen LogP contribution in [0.3, 0.4) is 0 Å². The van der Waals surface area contributed by atoms with Crippen LogP contribution in [0.25, 0.3) is 0 Å². The molecule has 1 N–H and O–H groups in total. The van der Waals surface area contributed by atoms with Crippen molar-refractivity contribution in [3.63, 3.8) is 0 Å². The van der Waals surface area contributed by atoms with Crippen LogP contribution >= 0.6 is 0 Å². The van der Waals surface area contributed by atoms with E-state index < -0.39 is 29.8 Å². The standard InChI is InChI=1S/C16H17F2N3O5/c1-19-4-5-20(3-2-13(19)22)14-10(17)6-9(7-11(14)18)21-8-12(15(23)24)26-16(21)25/h6-7,12H,2-5,8H2,1H3,(H,23,24)/t12-/m1/s1. The van der Waals surface area contributed by atoms with Gasteiger partial charge in [-0.2, -0.15) is 0 Å². The van der Waals surface area contributed by atoms with Gasteiger partial charge < -0.3 is 19.6 Å². The lowest BCUT2D eigenvalue weighted by molar-refractivity contribution is -0.144. The highest BCUT2D eigenvalue weighted by Crippen LogP contribution is 2.31. The predicted octanol–water partition coefficient (Wildman–Crippen LogP) is 1.04. The molecule has 0 unspecified atom stereocenters. The molecule has 0 aliphatic carbocycles. The summed E-state index contributed by atoms with van der Waals surface area (Å²) in [4.78, 5) is 38.2. The first kappa shape index (κ1) is 17.9. The Morgan fingerprint density at radius 2 is 1.85 bits per heavy atom. The quantitative estimate of drug-likeness (QED) is 0.856. The van der Waals surface area contributed by atoms with Gasteiger partial charge in [0.25, 0.3) is 0 Å². The molecule has 2 saturated heterocycles. The average molecular weight is 369 g/mol. The largest absolute Gasteiger partial charge is 0.478 e. The highest BCUT2D eigenvalue weighted by atomic mass is 19.1. The van der Waals surface area contributed by atoms with Crippen molar-refractivity contribution < 1.29 is 33.0 Å². The van der Waals surface area contributed by atoms with E-state index in [-0.39, 0.29) is 43.3 Å². The lowest BCUT2D eigenvalue weighted by Gasteiger charge is -2.24. The molecule has 1 aromatic rings. The van der Waals surface area contributed by atoms with Gasteiger partial charge in [0.15, 0.2) is 11.6 Å². The van der Waals surface area contributed by atoms with Gasteiger partial charge in [0.2, 0.25) is 12.0 Å². The molecule has 140 valence electrons. The van der Waals surface area contributed by atoms with Crippen molar-refractivity contribution >= 4 is 29.3 Å². The number of aliphatic carboxylic acids is 1. The Morgan fingerprint density at radius 1 is 1.19 bits per heavy atom. The molecule has 0 saturated carbocycles. The maximum atomic E-state index is 14.6. The van der Waals surface area contributed by atoms with Crippen molar-refractivity contribution in [2.75, 3.05) is 43.0 Å². The number of carboxylic acid groups (broad SMARTS) is 1. The molecule has 1 aromatic carbocycles. The van der Waals surface area contributed by atoms with E-state index in [1.807, 2.05) is 0 Å². The average Bonchev–Trinajstić information content (AvgIpc) is 2.89. The van der Waals surface area contributed by atoms with Gasteiger partial charge in [0.1, 0.15) is 5.69 Å². The maximum Gasteiger partial charge on any atom is 0.415 e. The molecule has 0 radical (unpaired) electrons. The summed E-state index contributed by atoms with van der Waals surface area (Å²) in [6.07, 6.45) is -2.23. The summed E-state index contributed by atoms with van der Waals surface area (Å²) in [5.74, 6) is -3.24. The fourth-order valence-electron chi connectivity index (χ4n) is 2.96. The van der Waals surface area contributed by atoms with Crippen LogP contribution in [0.15, 0.2) is 12.1 Å². The number of cyclic esters (lactones) is 1. The number of ether oxygens (including phenoxy) is 1. The Kier molecular flexibility index (Phi) is 4.66. The molecule has 2 aliphatic heterocycles. The zero-order valence-electron chi connectivity index (χ0n) is 13.9. The van der Waals surface area contributed by atoms with E-state index in [4.69, 9.17) is 5.11 Å². The van der Waals surface area contributed by atoms with Crippen LogP contribution in [-0.2, 0) is 14.3 Å². The number of rotatable bonds is 3. The minimum atomic E-state index is -1.39. The third-order valence-electron chi connectivity index (χ3n) is 4.44. The van der Waals surface area contributed by atoms with Gasteiger partial charge in [-0.15, -0.1) is 0 Å². The molecule has 2 amide bonds. The first-order valence-corrected chi connectivity index (χ1v) is 7.97. The summed E-state index contributed by atoms with van der Waals surface area (Å²) < 4.78 is 33.8. The van der Waals surface area contributed by atoms with Crippen molar-refractivity contribution in [1.82, 2.24) is 4.90 Å². The molecular formula is C16H17F2N3O5. The van der Waals surface area contributed by atoms with Crippen LogP contribution in [0.1, 0.15) is 6.42 Å². The second kappa shape index (κ2) is 6.77. The molecule has 26 heavy (non-hydrogen) atoms. The van der Waals surface area contributed by atoms with Crippen LogP contribution in [0.2, 0.25) is 0 Å². The van der Waals surface area contributed by atoms with E-state index in [1.165, 1.54) is 9.80 Å². The Morgan fingerprint density at radius 3 is 2.42 bits per heavy atom. The van der Waals surface area contributed by atoms with Crippen molar-refractivity contribution in [3.8, 4) is 0 Å². The second-order valence-corrected chi connectivity index (χ2v) is 6.13. The number of hydrogen-bond acceptors (Lipinski definition) is 5. The number of halogens is 2. The predicted molar refractivity (Wildman–Crippen MR) is 86.1 cm³/mol. The number of carbonyl (C=O) groups excluding carboxylic acids is 2. The summed E-state index contributed by atoms with van der Waals surface area (Å²) >= 11 is 0. The van der Waals surface area contributed by atoms with Crippen LogP contribution in [0.5, 0.6) is 0 Å². The van der Waals surface area contributed by atoms with Crippen molar-refractivity contribution in [2.45, 2.75) is 12.5 Å². The molecule has 0 aromatic heterocycles. The van der Waals surface area contributed by atoms with E-state index in [9.17, 15) is 23.2 Å². The van der Waals surface area contributed by atoms with Crippen LogP contribution < -0.4 is 9.80 Å². The molecule has 10 heteroatoms. The number of anilines is 2. The highest BCUT2D eigenvalue weighted by molar-refractivity contribution is 5.94. The molecule has 0 bridgehead atoms. The van der Waals surface area contributed by atoms with Crippen molar-refractivity contribution in [3.05, 3.63) is 23.8 Å². The number of carboxylic acids is 1. The number of amides is 2. The molecule has 0 spiro atoms. The highest BCUT2D eigenvalue weighted by Gasteiger charge is 2.37. The number of benzene rings is 1. The third kappa shape index (κ3) is 3.26. The molecule has 3 rings (SSSR count). The Balaban J connectivity index is 1.86. The number of carbonyl (C=O) groups is 3. The molecule has 2 heterocycles. The van der Waals surface area contributed by atoms with Gasteiger partial charge in [-0.25, -0.2) is 18.4 Å². The number of hydrogen-bond donors (Lipinski definition) is 1. The first-order valence-electron chi connectivity index (χ1n) is 7.97. The van der Waals surface area contributed by atoms with Gasteiger partial charge in [-0.05, 0) is 0 Å². The Bertz CT molecular complexity index is 749. The van der Waals surface area contributed by atoms with E-state index in [0.29, 0.717) is 6.54 Å². The molecule has 2 aliphatic rings. The summed E-state index contributed by atoms with van der Waals surface area (Å²) in [6, 6.07) is 1.92. The molecule has 1 atom stereocenters. The van der Waals surface area contributed by atoms with Gasteiger partial charge in [0, 0.05) is 45.2 Å². The minimum Gasteiger partial charge on any atom is -0.478 e. The van der Waals surface area contributed by atoms with Crippen molar-refractivity contribution in [1.29, 1.82) is 0 Å². The minimum absolute atomic E-state index is 0.107. The lowest BCUT2D eigenvalue weighted by atomic mass is 10.2. The van der Waals surface area contributed by atoms with E-state index in [1.54, 1.807) is 7.05 Å². The first-order chi connectivity index (χ1) is 12.3. The summed E-state index contributed by atoms with van der Waals surface area (Å²) in [5.41, 5.74) is -0.403. The van der Waals surface area contributed by atoms with Crippen LogP contribution in [0, 0.1) is 11.6 Å². The second-order valence-electron chi connectivity index (χ2n) is 6.13. The van der Waals surface area contributed by atoms with Gasteiger partial charge in [-0.1, -0.05) is 0 Å². The topological polar surface area (TPSA) is 90.4 Å². The molecule has 8 nitrogen and oxygen atoms in total. The zero-order chi connectivity index (χ0) is 19.0. The zero-order valence-corrected chi connectivity index (χ0v) is 13.9. The van der Waals surface area contributed by atoms with E-state index in [2.05, 4.69) is 4.74 Å². The Labute approximate surface area is 147 Å². The fourth-order valence-corrected chi connectivity index (χ4v) is 2.96. The lowest BCUT2D eigenvalue weighted by Crippen LogP contribution is -2.31. The third-order valence-corrected chi connectivity index (χ3v) is 4.44.